The van der Waals surface area contributed by atoms with Gasteiger partial charge in [0.05, 0.1) is 28.5 Å². The monoisotopic (exact) mass is 474 g/mol. The lowest BCUT2D eigenvalue weighted by atomic mass is 9.97. The minimum atomic E-state index is -3.90. The van der Waals surface area contributed by atoms with Crippen molar-refractivity contribution in [1.29, 1.82) is 0 Å². The number of nitrogens with zero attached hydrogens (tertiary/aromatic N) is 3. The van der Waals surface area contributed by atoms with Gasteiger partial charge in [-0.15, -0.1) is 0 Å². The lowest BCUT2D eigenvalue weighted by molar-refractivity contribution is -0.148. The molecule has 1 N–H and O–H groups in total. The van der Waals surface area contributed by atoms with Crippen molar-refractivity contribution in [2.45, 2.75) is 24.7 Å². The van der Waals surface area contributed by atoms with Crippen LogP contribution in [0.25, 0.3) is 11.0 Å². The second-order valence-corrected chi connectivity index (χ2v) is 9.58. The summed E-state index contributed by atoms with van der Waals surface area (Å²) in [5, 5.41) is 0.444. The summed E-state index contributed by atoms with van der Waals surface area (Å²) in [5.74, 6) is 0.214. The summed E-state index contributed by atoms with van der Waals surface area (Å²) < 4.78 is 33.7. The Labute approximate surface area is 191 Å². The van der Waals surface area contributed by atoms with Crippen molar-refractivity contribution in [3.05, 3.63) is 53.6 Å². The fourth-order valence-corrected chi connectivity index (χ4v) is 4.80. The molecule has 2 heterocycles. The topological polar surface area (TPSA) is 101 Å². The molecule has 0 unspecified atom stereocenters. The molecule has 0 amide bonds. The fourth-order valence-electron chi connectivity index (χ4n) is 3.67. The number of rotatable bonds is 6. The molecule has 0 radical (unpaired) electrons. The van der Waals surface area contributed by atoms with Crippen molar-refractivity contribution in [2.24, 2.45) is 5.92 Å². The Hall–Kier alpha value is -2.91. The summed E-state index contributed by atoms with van der Waals surface area (Å²) in [6, 6.07) is 13.2. The number of nitrogens with one attached hydrogen (secondary N) is 1. The van der Waals surface area contributed by atoms with Gasteiger partial charge in [0.1, 0.15) is 0 Å². The second-order valence-electron chi connectivity index (χ2n) is 7.46. The SMILES string of the molecule is CCOC(=O)C1CCN(c2nc3ccccc3nc2NS(=O)(=O)c2ccc(Cl)cc2)CC1. The standard InChI is InChI=1S/C22H23ClN4O4S/c1-2-31-22(28)15-11-13-27(14-12-15)21-20(24-18-5-3-4-6-19(18)25-21)26-32(29,30)17-9-7-16(23)8-10-17/h3-10,15H,2,11-14H2,1H3,(H,24,26). The summed E-state index contributed by atoms with van der Waals surface area (Å²) in [6.07, 6.45) is 1.19. The molecule has 1 fully saturated rings. The molecule has 168 valence electrons. The molecule has 1 saturated heterocycles. The van der Waals surface area contributed by atoms with E-state index in [9.17, 15) is 13.2 Å². The Balaban J connectivity index is 1.66. The highest BCUT2D eigenvalue weighted by Gasteiger charge is 2.29. The number of piperidine rings is 1. The molecule has 0 bridgehead atoms. The van der Waals surface area contributed by atoms with Gasteiger partial charge in [-0.1, -0.05) is 23.7 Å². The Morgan fingerprint density at radius 1 is 1.09 bits per heavy atom. The third-order valence-corrected chi connectivity index (χ3v) is 6.93. The first-order valence-corrected chi connectivity index (χ1v) is 12.2. The molecule has 0 atom stereocenters. The highest BCUT2D eigenvalue weighted by Crippen LogP contribution is 2.31. The molecular weight excluding hydrogens is 452 g/mol. The van der Waals surface area contributed by atoms with Crippen molar-refractivity contribution in [3.8, 4) is 0 Å². The summed E-state index contributed by atoms with van der Waals surface area (Å²) in [5.41, 5.74) is 1.23. The van der Waals surface area contributed by atoms with Gasteiger partial charge in [0.2, 0.25) is 0 Å². The molecule has 8 nitrogen and oxygen atoms in total. The van der Waals surface area contributed by atoms with Crippen LogP contribution in [0.15, 0.2) is 53.4 Å². The smallest absolute Gasteiger partial charge is 0.309 e. The average Bonchev–Trinajstić information content (AvgIpc) is 2.79. The van der Waals surface area contributed by atoms with E-state index in [2.05, 4.69) is 9.71 Å². The third kappa shape index (κ3) is 4.78. The van der Waals surface area contributed by atoms with E-state index >= 15 is 0 Å². The molecule has 0 saturated carbocycles. The van der Waals surface area contributed by atoms with Crippen LogP contribution >= 0.6 is 11.6 Å². The molecule has 32 heavy (non-hydrogen) atoms. The number of para-hydroxylation sites is 2. The maximum Gasteiger partial charge on any atom is 0.309 e. The van der Waals surface area contributed by atoms with Gasteiger partial charge in [-0.2, -0.15) is 0 Å². The predicted octanol–water partition coefficient (Wildman–Crippen LogP) is 3.86. The molecule has 2 aromatic carbocycles. The zero-order valence-corrected chi connectivity index (χ0v) is 19.1. The van der Waals surface area contributed by atoms with Gasteiger partial charge >= 0.3 is 5.97 Å². The first-order chi connectivity index (χ1) is 15.4. The van der Waals surface area contributed by atoms with Crippen molar-refractivity contribution in [3.63, 3.8) is 0 Å². The van der Waals surface area contributed by atoms with E-state index in [0.717, 1.165) is 0 Å². The number of carbonyl (C=O) groups excluding carboxylic acids is 1. The maximum absolute atomic E-state index is 13.0. The lowest BCUT2D eigenvalue weighted by Crippen LogP contribution is -2.38. The van der Waals surface area contributed by atoms with Gasteiger partial charge in [-0.05, 0) is 56.2 Å². The summed E-state index contributed by atoms with van der Waals surface area (Å²) in [4.78, 5) is 23.4. The van der Waals surface area contributed by atoms with Crippen molar-refractivity contribution in [1.82, 2.24) is 9.97 Å². The lowest BCUT2D eigenvalue weighted by Gasteiger charge is -2.32. The number of esters is 1. The van der Waals surface area contributed by atoms with E-state index in [1.54, 1.807) is 13.0 Å². The second kappa shape index (κ2) is 9.30. The first-order valence-electron chi connectivity index (χ1n) is 10.3. The number of ether oxygens (including phenoxy) is 1. The van der Waals surface area contributed by atoms with Gasteiger partial charge in [0, 0.05) is 18.1 Å². The number of hydrogen-bond acceptors (Lipinski definition) is 7. The van der Waals surface area contributed by atoms with Gasteiger partial charge in [0.15, 0.2) is 11.6 Å². The first kappa shape index (κ1) is 22.3. The van der Waals surface area contributed by atoms with E-state index in [-0.39, 0.29) is 22.6 Å². The van der Waals surface area contributed by atoms with E-state index < -0.39 is 10.0 Å². The highest BCUT2D eigenvalue weighted by molar-refractivity contribution is 7.92. The number of carbonyl (C=O) groups is 1. The number of hydrogen-bond donors (Lipinski definition) is 1. The highest BCUT2D eigenvalue weighted by atomic mass is 35.5. The van der Waals surface area contributed by atoms with Crippen molar-refractivity contribution < 1.29 is 17.9 Å². The van der Waals surface area contributed by atoms with Crippen LogP contribution in [0.4, 0.5) is 11.6 Å². The maximum atomic E-state index is 13.0. The van der Waals surface area contributed by atoms with E-state index in [4.69, 9.17) is 21.3 Å². The average molecular weight is 475 g/mol. The number of halogens is 1. The van der Waals surface area contributed by atoms with Gasteiger partial charge in [-0.3, -0.25) is 9.52 Å². The zero-order chi connectivity index (χ0) is 22.7. The molecule has 1 aromatic heterocycles. The van der Waals surface area contributed by atoms with Crippen molar-refractivity contribution in [2.75, 3.05) is 29.3 Å². The zero-order valence-electron chi connectivity index (χ0n) is 17.5. The van der Waals surface area contributed by atoms with E-state index in [0.29, 0.717) is 54.4 Å². The van der Waals surface area contributed by atoms with Crippen molar-refractivity contribution >= 4 is 50.3 Å². The van der Waals surface area contributed by atoms with Gasteiger partial charge in [-0.25, -0.2) is 18.4 Å². The van der Waals surface area contributed by atoms with E-state index in [1.165, 1.54) is 24.3 Å². The van der Waals surface area contributed by atoms with Crippen LogP contribution in [0.3, 0.4) is 0 Å². The van der Waals surface area contributed by atoms with Gasteiger partial charge in [0.25, 0.3) is 10.0 Å². The Bertz CT molecular complexity index is 1230. The Kier molecular flexibility index (Phi) is 6.48. The molecule has 10 heteroatoms. The van der Waals surface area contributed by atoms with Gasteiger partial charge < -0.3 is 9.64 Å². The molecule has 1 aliphatic heterocycles. The number of aromatic nitrogens is 2. The Morgan fingerprint density at radius 2 is 1.72 bits per heavy atom. The predicted molar refractivity (Wildman–Crippen MR) is 123 cm³/mol. The van der Waals surface area contributed by atoms with Crippen LogP contribution < -0.4 is 9.62 Å². The third-order valence-electron chi connectivity index (χ3n) is 5.32. The quantitative estimate of drug-likeness (QED) is 0.541. The Morgan fingerprint density at radius 3 is 2.34 bits per heavy atom. The van der Waals surface area contributed by atoms with Crippen LogP contribution in [-0.2, 0) is 19.6 Å². The van der Waals surface area contributed by atoms with Crippen LogP contribution in [0.1, 0.15) is 19.8 Å². The number of benzene rings is 2. The normalized spacial score (nSPS) is 15.0. The van der Waals surface area contributed by atoms with Crippen LogP contribution in [0, 0.1) is 5.92 Å². The van der Waals surface area contributed by atoms with Crippen LogP contribution in [0.2, 0.25) is 5.02 Å². The fraction of sp³-hybridized carbons (Fsp3) is 0.318. The number of sulfonamides is 1. The van der Waals surface area contributed by atoms with Crippen LogP contribution in [0.5, 0.6) is 0 Å². The summed E-state index contributed by atoms with van der Waals surface area (Å²) >= 11 is 5.89. The summed E-state index contributed by atoms with van der Waals surface area (Å²) in [6.45, 7) is 3.21. The molecule has 0 spiro atoms. The molecule has 3 aromatic rings. The molecule has 0 aliphatic carbocycles. The minimum Gasteiger partial charge on any atom is -0.466 e. The molecular formula is C22H23ClN4O4S. The molecule has 4 rings (SSSR count). The molecule has 1 aliphatic rings. The number of fused-ring (bicyclic) bond motifs is 1. The number of anilines is 2. The largest absolute Gasteiger partial charge is 0.466 e. The minimum absolute atomic E-state index is 0.0730. The van der Waals surface area contributed by atoms with Crippen LogP contribution in [-0.4, -0.2) is 44.1 Å². The summed E-state index contributed by atoms with van der Waals surface area (Å²) in [7, 11) is -3.90. The van der Waals surface area contributed by atoms with E-state index in [1.807, 2.05) is 23.1 Å².